The Balaban J connectivity index is 1.32. The lowest BCUT2D eigenvalue weighted by molar-refractivity contribution is 0.107. The summed E-state index contributed by atoms with van der Waals surface area (Å²) >= 11 is 6.23. The molecule has 2 heterocycles. The third-order valence-corrected chi connectivity index (χ3v) is 5.84. The van der Waals surface area contributed by atoms with Crippen molar-refractivity contribution in [2.45, 2.75) is 25.7 Å². The molecule has 3 nitrogen and oxygen atoms in total. The highest BCUT2D eigenvalue weighted by molar-refractivity contribution is 6.31. The number of aromatic nitrogens is 1. The van der Waals surface area contributed by atoms with Crippen LogP contribution in [0.2, 0.25) is 5.02 Å². The van der Waals surface area contributed by atoms with Crippen LogP contribution in [-0.2, 0) is 24.4 Å². The molecule has 146 valence electrons. The fourth-order valence-electron chi connectivity index (χ4n) is 4.15. The van der Waals surface area contributed by atoms with Gasteiger partial charge in [-0.25, -0.2) is 0 Å². The molecule has 1 atom stereocenters. The van der Waals surface area contributed by atoms with Crippen molar-refractivity contribution in [3.05, 3.63) is 106 Å². The van der Waals surface area contributed by atoms with Crippen LogP contribution in [-0.4, -0.2) is 11.5 Å². The van der Waals surface area contributed by atoms with Gasteiger partial charge < -0.3 is 15.0 Å². The molecule has 0 saturated carbocycles. The smallest absolute Gasteiger partial charge is 0.0732 e. The monoisotopic (exact) mass is 402 g/mol. The molecule has 0 saturated heterocycles. The first-order valence-corrected chi connectivity index (χ1v) is 10.4. The number of rotatable bonds is 5. The lowest BCUT2D eigenvalue weighted by atomic mass is 9.94. The predicted molar refractivity (Wildman–Crippen MR) is 118 cm³/mol. The molecule has 0 spiro atoms. The Morgan fingerprint density at radius 3 is 2.45 bits per heavy atom. The molecule has 1 aliphatic heterocycles. The first kappa shape index (κ1) is 18.4. The highest BCUT2D eigenvalue weighted by Crippen LogP contribution is 2.34. The standard InChI is InChI=1S/C25H23ClN2O/c26-20-10-11-23-22(14-20)21-12-13-27-24(25(21)28-23)19-8-6-18(7-9-19)16-29-15-17-4-2-1-3-5-17/h1-11,14,24,27-28H,12-13,15-16H2. The van der Waals surface area contributed by atoms with Crippen LogP contribution >= 0.6 is 11.6 Å². The van der Waals surface area contributed by atoms with Crippen LogP contribution in [0.15, 0.2) is 72.8 Å². The minimum Gasteiger partial charge on any atom is -0.372 e. The van der Waals surface area contributed by atoms with Gasteiger partial charge in [-0.2, -0.15) is 0 Å². The van der Waals surface area contributed by atoms with Crippen LogP contribution in [0.25, 0.3) is 10.9 Å². The zero-order chi connectivity index (χ0) is 19.6. The van der Waals surface area contributed by atoms with Gasteiger partial charge in [-0.1, -0.05) is 66.2 Å². The van der Waals surface area contributed by atoms with Crippen LogP contribution in [0.5, 0.6) is 0 Å². The summed E-state index contributed by atoms with van der Waals surface area (Å²) in [6.45, 7) is 2.20. The molecule has 0 aliphatic carbocycles. The van der Waals surface area contributed by atoms with Crippen molar-refractivity contribution in [3.8, 4) is 0 Å². The molecule has 4 aromatic rings. The maximum atomic E-state index is 6.23. The third kappa shape index (κ3) is 3.82. The van der Waals surface area contributed by atoms with Crippen molar-refractivity contribution in [1.29, 1.82) is 0 Å². The second-order valence-electron chi connectivity index (χ2n) is 7.56. The third-order valence-electron chi connectivity index (χ3n) is 5.61. The van der Waals surface area contributed by atoms with Gasteiger partial charge in [0.1, 0.15) is 0 Å². The molecule has 1 aromatic heterocycles. The van der Waals surface area contributed by atoms with E-state index >= 15 is 0 Å². The van der Waals surface area contributed by atoms with E-state index in [1.807, 2.05) is 24.3 Å². The zero-order valence-corrected chi connectivity index (χ0v) is 16.9. The van der Waals surface area contributed by atoms with Crippen LogP contribution in [0.4, 0.5) is 0 Å². The minimum absolute atomic E-state index is 0.171. The van der Waals surface area contributed by atoms with Gasteiger partial charge in [-0.05, 0) is 46.9 Å². The highest BCUT2D eigenvalue weighted by Gasteiger charge is 2.25. The van der Waals surface area contributed by atoms with Crippen molar-refractivity contribution in [1.82, 2.24) is 10.3 Å². The predicted octanol–water partition coefficient (Wildman–Crippen LogP) is 5.77. The minimum atomic E-state index is 0.171. The van der Waals surface area contributed by atoms with Crippen molar-refractivity contribution in [2.75, 3.05) is 6.54 Å². The number of hydrogen-bond acceptors (Lipinski definition) is 2. The Labute approximate surface area is 175 Å². The van der Waals surface area contributed by atoms with Crippen molar-refractivity contribution < 1.29 is 4.74 Å². The second kappa shape index (κ2) is 8.03. The summed E-state index contributed by atoms with van der Waals surface area (Å²) in [7, 11) is 0. The number of fused-ring (bicyclic) bond motifs is 3. The quantitative estimate of drug-likeness (QED) is 0.444. The van der Waals surface area contributed by atoms with Gasteiger partial charge in [0, 0.05) is 28.2 Å². The van der Waals surface area contributed by atoms with Crippen molar-refractivity contribution >= 4 is 22.5 Å². The molecule has 29 heavy (non-hydrogen) atoms. The van der Waals surface area contributed by atoms with E-state index in [0.717, 1.165) is 23.5 Å². The van der Waals surface area contributed by atoms with E-state index in [1.54, 1.807) is 0 Å². The Morgan fingerprint density at radius 1 is 0.897 bits per heavy atom. The van der Waals surface area contributed by atoms with Gasteiger partial charge in [-0.15, -0.1) is 0 Å². The number of nitrogens with one attached hydrogen (secondary N) is 2. The Bertz CT molecular complexity index is 1120. The SMILES string of the molecule is Clc1ccc2[nH]c3c(c2c1)CCNC3c1ccc(COCc2ccccc2)cc1. The molecule has 0 amide bonds. The van der Waals surface area contributed by atoms with Gasteiger partial charge in [0.15, 0.2) is 0 Å². The Hall–Kier alpha value is -2.59. The van der Waals surface area contributed by atoms with Crippen LogP contribution in [0.3, 0.4) is 0 Å². The van der Waals surface area contributed by atoms with Crippen molar-refractivity contribution in [2.24, 2.45) is 0 Å². The maximum Gasteiger partial charge on any atom is 0.0732 e. The fourth-order valence-corrected chi connectivity index (χ4v) is 4.32. The topological polar surface area (TPSA) is 37.0 Å². The largest absolute Gasteiger partial charge is 0.372 e. The van der Waals surface area contributed by atoms with Gasteiger partial charge in [0.25, 0.3) is 0 Å². The van der Waals surface area contributed by atoms with Crippen LogP contribution in [0.1, 0.15) is 34.0 Å². The van der Waals surface area contributed by atoms with Gasteiger partial charge in [-0.3, -0.25) is 0 Å². The molecule has 1 unspecified atom stereocenters. The molecule has 0 radical (unpaired) electrons. The molecular weight excluding hydrogens is 380 g/mol. The van der Waals surface area contributed by atoms with E-state index in [0.29, 0.717) is 13.2 Å². The van der Waals surface area contributed by atoms with Gasteiger partial charge in [0.2, 0.25) is 0 Å². The molecule has 3 aromatic carbocycles. The number of halogens is 1. The van der Waals surface area contributed by atoms with E-state index in [1.165, 1.54) is 33.3 Å². The second-order valence-corrected chi connectivity index (χ2v) is 8.00. The Kier molecular flexibility index (Phi) is 5.11. The number of hydrogen-bond donors (Lipinski definition) is 2. The summed E-state index contributed by atoms with van der Waals surface area (Å²) in [5, 5.41) is 5.68. The lowest BCUT2D eigenvalue weighted by Crippen LogP contribution is -2.30. The average molecular weight is 403 g/mol. The number of ether oxygens (including phenoxy) is 1. The molecule has 5 rings (SSSR count). The van der Waals surface area contributed by atoms with Gasteiger partial charge in [0.05, 0.1) is 19.3 Å². The van der Waals surface area contributed by atoms with Crippen LogP contribution in [0, 0.1) is 0 Å². The van der Waals surface area contributed by atoms with E-state index < -0.39 is 0 Å². The Morgan fingerprint density at radius 2 is 1.66 bits per heavy atom. The van der Waals surface area contributed by atoms with E-state index in [-0.39, 0.29) is 6.04 Å². The average Bonchev–Trinajstić information content (AvgIpc) is 3.13. The summed E-state index contributed by atoms with van der Waals surface area (Å²) < 4.78 is 5.86. The summed E-state index contributed by atoms with van der Waals surface area (Å²) in [4.78, 5) is 3.61. The number of benzene rings is 3. The molecule has 0 bridgehead atoms. The maximum absolute atomic E-state index is 6.23. The summed E-state index contributed by atoms with van der Waals surface area (Å²) in [6.07, 6.45) is 1.01. The zero-order valence-electron chi connectivity index (χ0n) is 16.1. The summed E-state index contributed by atoms with van der Waals surface area (Å²) in [5.41, 5.74) is 7.42. The molecule has 2 N–H and O–H groups in total. The van der Waals surface area contributed by atoms with E-state index in [9.17, 15) is 0 Å². The van der Waals surface area contributed by atoms with E-state index in [2.05, 4.69) is 58.8 Å². The summed E-state index contributed by atoms with van der Waals surface area (Å²) in [5.74, 6) is 0. The lowest BCUT2D eigenvalue weighted by Gasteiger charge is -2.25. The molecule has 4 heteroatoms. The molecular formula is C25H23ClN2O. The van der Waals surface area contributed by atoms with Crippen molar-refractivity contribution in [3.63, 3.8) is 0 Å². The fraction of sp³-hybridized carbons (Fsp3) is 0.200. The highest BCUT2D eigenvalue weighted by atomic mass is 35.5. The van der Waals surface area contributed by atoms with E-state index in [4.69, 9.17) is 16.3 Å². The normalized spacial score (nSPS) is 16.1. The van der Waals surface area contributed by atoms with Crippen LogP contribution < -0.4 is 5.32 Å². The summed E-state index contributed by atoms with van der Waals surface area (Å²) in [6, 6.07) is 25.3. The molecule has 1 aliphatic rings. The first-order chi connectivity index (χ1) is 14.3. The number of aromatic amines is 1. The molecule has 0 fully saturated rings. The first-order valence-electron chi connectivity index (χ1n) is 10.0. The van der Waals surface area contributed by atoms with Gasteiger partial charge >= 0.3 is 0 Å². The number of H-pyrrole nitrogens is 1.